The molecule has 0 saturated carbocycles. The number of H-pyrrole nitrogens is 1. The van der Waals surface area contributed by atoms with E-state index in [-0.39, 0.29) is 5.91 Å². The lowest BCUT2D eigenvalue weighted by Gasteiger charge is -2.07. The highest BCUT2D eigenvalue weighted by Crippen LogP contribution is 2.12. The van der Waals surface area contributed by atoms with Gasteiger partial charge < -0.3 is 4.98 Å². The molecule has 110 valence electrons. The van der Waals surface area contributed by atoms with Crippen molar-refractivity contribution in [3.63, 3.8) is 0 Å². The molecular weight excluding hydrogens is 348 g/mol. The number of carbonyl (C=O) groups is 2. The highest BCUT2D eigenvalue weighted by molar-refractivity contribution is 9.10. The summed E-state index contributed by atoms with van der Waals surface area (Å²) in [5, 5.41) is 0. The van der Waals surface area contributed by atoms with Crippen molar-refractivity contribution in [2.75, 3.05) is 0 Å². The summed E-state index contributed by atoms with van der Waals surface area (Å²) in [6.45, 7) is 0. The van der Waals surface area contributed by atoms with Crippen LogP contribution in [-0.2, 0) is 0 Å². The highest BCUT2D eigenvalue weighted by Gasteiger charge is 2.10. The van der Waals surface area contributed by atoms with E-state index >= 15 is 0 Å². The number of nitrogens with one attached hydrogen (secondary N) is 3. The van der Waals surface area contributed by atoms with E-state index in [4.69, 9.17) is 0 Å². The van der Waals surface area contributed by atoms with Gasteiger partial charge in [-0.2, -0.15) is 0 Å². The normalized spacial score (nSPS) is 10.4. The number of aromatic nitrogens is 2. The van der Waals surface area contributed by atoms with Crippen molar-refractivity contribution in [1.82, 2.24) is 20.8 Å². The molecular formula is C15H11BrN4O2. The maximum absolute atomic E-state index is 12.0. The fraction of sp³-hybridized carbons (Fsp3) is 0. The van der Waals surface area contributed by atoms with Gasteiger partial charge in [0, 0.05) is 15.6 Å². The average Bonchev–Trinajstić information content (AvgIpc) is 3.00. The first kappa shape index (κ1) is 14.3. The minimum atomic E-state index is -0.401. The standard InChI is InChI=1S/C15H11BrN4O2/c16-11-4-1-9(2-5-11)14(21)19-20-15(22)10-3-6-12-13(7-10)18-8-17-12/h1-8H,(H,17,18)(H,19,21)(H,20,22). The van der Waals surface area contributed by atoms with Gasteiger partial charge in [0.05, 0.1) is 17.4 Å². The molecule has 7 heteroatoms. The predicted octanol–water partition coefficient (Wildman–Crippen LogP) is 2.40. The van der Waals surface area contributed by atoms with Crippen LogP contribution < -0.4 is 10.9 Å². The molecule has 1 aromatic heterocycles. The lowest BCUT2D eigenvalue weighted by atomic mass is 10.2. The maximum Gasteiger partial charge on any atom is 0.269 e. The number of nitrogens with zero attached hydrogens (tertiary/aromatic N) is 1. The van der Waals surface area contributed by atoms with Crippen LogP contribution in [0.5, 0.6) is 0 Å². The molecule has 2 aromatic carbocycles. The second-order valence-electron chi connectivity index (χ2n) is 4.55. The number of hydrogen-bond acceptors (Lipinski definition) is 3. The van der Waals surface area contributed by atoms with E-state index in [2.05, 4.69) is 36.7 Å². The summed E-state index contributed by atoms with van der Waals surface area (Å²) in [5.41, 5.74) is 7.17. The van der Waals surface area contributed by atoms with Crippen LogP contribution in [-0.4, -0.2) is 21.8 Å². The Bertz CT molecular complexity index is 842. The molecule has 3 aromatic rings. The van der Waals surface area contributed by atoms with Gasteiger partial charge in [0.2, 0.25) is 0 Å². The minimum Gasteiger partial charge on any atom is -0.345 e. The van der Waals surface area contributed by atoms with Gasteiger partial charge in [-0.05, 0) is 42.5 Å². The van der Waals surface area contributed by atoms with Crippen LogP contribution in [0, 0.1) is 0 Å². The monoisotopic (exact) mass is 358 g/mol. The summed E-state index contributed by atoms with van der Waals surface area (Å²) < 4.78 is 0.876. The molecule has 0 fully saturated rings. The van der Waals surface area contributed by atoms with Gasteiger partial charge in [-0.25, -0.2) is 4.98 Å². The van der Waals surface area contributed by atoms with Gasteiger partial charge >= 0.3 is 0 Å². The maximum atomic E-state index is 12.0. The van der Waals surface area contributed by atoms with Gasteiger partial charge in [-0.1, -0.05) is 15.9 Å². The molecule has 3 rings (SSSR count). The molecule has 1 heterocycles. The zero-order valence-corrected chi connectivity index (χ0v) is 12.8. The lowest BCUT2D eigenvalue weighted by Crippen LogP contribution is -2.41. The van der Waals surface area contributed by atoms with Gasteiger partial charge in [0.1, 0.15) is 0 Å². The lowest BCUT2D eigenvalue weighted by molar-refractivity contribution is 0.0847. The van der Waals surface area contributed by atoms with E-state index in [0.29, 0.717) is 11.1 Å². The Morgan fingerprint density at radius 3 is 2.32 bits per heavy atom. The van der Waals surface area contributed by atoms with Crippen molar-refractivity contribution in [3.05, 3.63) is 64.4 Å². The summed E-state index contributed by atoms with van der Waals surface area (Å²) in [6, 6.07) is 11.9. The Balaban J connectivity index is 1.66. The number of carbonyl (C=O) groups excluding carboxylic acids is 2. The van der Waals surface area contributed by atoms with Gasteiger partial charge in [0.25, 0.3) is 11.8 Å². The second-order valence-corrected chi connectivity index (χ2v) is 5.47. The Labute approximate surface area is 134 Å². The number of hydrazine groups is 1. The zero-order chi connectivity index (χ0) is 15.5. The molecule has 0 atom stereocenters. The number of aromatic amines is 1. The Morgan fingerprint density at radius 1 is 0.955 bits per heavy atom. The molecule has 3 N–H and O–H groups in total. The number of amides is 2. The third kappa shape index (κ3) is 2.99. The first-order chi connectivity index (χ1) is 10.6. The van der Waals surface area contributed by atoms with Crippen molar-refractivity contribution in [1.29, 1.82) is 0 Å². The molecule has 0 bridgehead atoms. The number of imidazole rings is 1. The summed E-state index contributed by atoms with van der Waals surface area (Å²) in [6.07, 6.45) is 1.56. The predicted molar refractivity (Wildman–Crippen MR) is 85.2 cm³/mol. The van der Waals surface area contributed by atoms with Gasteiger partial charge in [0.15, 0.2) is 0 Å². The molecule has 22 heavy (non-hydrogen) atoms. The average molecular weight is 359 g/mol. The number of fused-ring (bicyclic) bond motifs is 1. The van der Waals surface area contributed by atoms with Gasteiger partial charge in [-0.15, -0.1) is 0 Å². The minimum absolute atomic E-state index is 0.386. The zero-order valence-electron chi connectivity index (χ0n) is 11.3. The number of hydrogen-bond donors (Lipinski definition) is 3. The molecule has 6 nitrogen and oxygen atoms in total. The summed E-state index contributed by atoms with van der Waals surface area (Å²) >= 11 is 3.29. The number of benzene rings is 2. The van der Waals surface area contributed by atoms with E-state index < -0.39 is 5.91 Å². The largest absolute Gasteiger partial charge is 0.345 e. The fourth-order valence-electron chi connectivity index (χ4n) is 1.94. The van der Waals surface area contributed by atoms with Crippen molar-refractivity contribution in [2.45, 2.75) is 0 Å². The van der Waals surface area contributed by atoms with Crippen LogP contribution >= 0.6 is 15.9 Å². The molecule has 0 aliphatic carbocycles. The van der Waals surface area contributed by atoms with Gasteiger partial charge in [-0.3, -0.25) is 20.4 Å². The van der Waals surface area contributed by atoms with Crippen LogP contribution in [0.4, 0.5) is 0 Å². The number of halogens is 1. The quantitative estimate of drug-likeness (QED) is 0.614. The first-order valence-corrected chi connectivity index (χ1v) is 7.22. The van der Waals surface area contributed by atoms with E-state index in [1.54, 1.807) is 48.8 Å². The van der Waals surface area contributed by atoms with E-state index in [1.165, 1.54) is 0 Å². The smallest absolute Gasteiger partial charge is 0.269 e. The second kappa shape index (κ2) is 5.98. The SMILES string of the molecule is O=C(NNC(=O)c1ccc2nc[nH]c2c1)c1ccc(Br)cc1. The first-order valence-electron chi connectivity index (χ1n) is 6.43. The van der Waals surface area contributed by atoms with Crippen molar-refractivity contribution in [2.24, 2.45) is 0 Å². The van der Waals surface area contributed by atoms with Crippen molar-refractivity contribution in [3.8, 4) is 0 Å². The molecule has 0 aliphatic rings. The van der Waals surface area contributed by atoms with Crippen LogP contribution in [0.3, 0.4) is 0 Å². The highest BCUT2D eigenvalue weighted by atomic mass is 79.9. The van der Waals surface area contributed by atoms with E-state index in [0.717, 1.165) is 15.5 Å². The molecule has 0 spiro atoms. The fourth-order valence-corrected chi connectivity index (χ4v) is 2.20. The van der Waals surface area contributed by atoms with Crippen LogP contribution in [0.15, 0.2) is 53.3 Å². The Kier molecular flexibility index (Phi) is 3.88. The van der Waals surface area contributed by atoms with Crippen LogP contribution in [0.25, 0.3) is 11.0 Å². The van der Waals surface area contributed by atoms with Crippen LogP contribution in [0.1, 0.15) is 20.7 Å². The van der Waals surface area contributed by atoms with Crippen LogP contribution in [0.2, 0.25) is 0 Å². The van der Waals surface area contributed by atoms with E-state index in [1.807, 2.05) is 0 Å². The molecule has 0 radical (unpaired) electrons. The Morgan fingerprint density at radius 2 is 1.59 bits per heavy atom. The third-order valence-electron chi connectivity index (χ3n) is 3.08. The van der Waals surface area contributed by atoms with Crippen molar-refractivity contribution >= 4 is 38.8 Å². The topological polar surface area (TPSA) is 86.9 Å². The van der Waals surface area contributed by atoms with E-state index in [9.17, 15) is 9.59 Å². The summed E-state index contributed by atoms with van der Waals surface area (Å²) in [4.78, 5) is 30.9. The summed E-state index contributed by atoms with van der Waals surface area (Å²) in [5.74, 6) is -0.787. The third-order valence-corrected chi connectivity index (χ3v) is 3.61. The molecule has 0 saturated heterocycles. The summed E-state index contributed by atoms with van der Waals surface area (Å²) in [7, 11) is 0. The molecule has 2 amide bonds. The number of rotatable bonds is 2. The van der Waals surface area contributed by atoms with Crippen molar-refractivity contribution < 1.29 is 9.59 Å². The Hall–Kier alpha value is -2.67. The molecule has 0 aliphatic heterocycles. The molecule has 0 unspecified atom stereocenters.